The number of aliphatic hydroxyl groups excluding tert-OH is 3. The first-order valence-electron chi connectivity index (χ1n) is 26.9. The van der Waals surface area contributed by atoms with E-state index in [1.165, 1.54) is 0 Å². The fourth-order valence-corrected chi connectivity index (χ4v) is 5.79. The average Bonchev–Trinajstić information content (AvgIpc) is 1.74. The minimum absolute atomic E-state index is 0. The van der Waals surface area contributed by atoms with Crippen LogP contribution in [0, 0.1) is 245 Å². The Balaban J connectivity index is -0.000000215. The van der Waals surface area contributed by atoms with E-state index in [2.05, 4.69) is 101 Å². The predicted molar refractivity (Wildman–Crippen MR) is 352 cm³/mol. The number of hydrogen-bond donors (Lipinski definition) is 3. The zero-order valence-corrected chi connectivity index (χ0v) is 62.2. The van der Waals surface area contributed by atoms with Crippen LogP contribution in [0.1, 0.15) is 20.8 Å². The molecule has 0 bridgehead atoms. The second-order valence-corrected chi connectivity index (χ2v) is 15.8. The first-order valence-corrected chi connectivity index (χ1v) is 26.9. The molecule has 0 spiro atoms. The second kappa shape index (κ2) is 70.2. The van der Waals surface area contributed by atoms with Gasteiger partial charge in [0.15, 0.2) is 0 Å². The number of nitrogens with zero attached hydrogens (tertiary/aromatic N) is 26. The monoisotopic (exact) mass is 2090 g/mol. The van der Waals surface area contributed by atoms with E-state index in [-0.39, 0.29) is 183 Å². The minimum Gasteiger partial charge on any atom is -0.870 e. The SMILES string of the molecule is CCO.CCO.CCO.O=[N+]([O-])[O-].O=[N+]([O-])[O-].O=[N+]([O-])[O-].O=[N+]([O-])[O-].O=[N+]([O-])[O-].O=[N+]([O-])[O-].[Dy+3].[Dy+3].[Dy+3].[Dy+3].[OH-].[OH-].c1ccc(-c2n[n-]c(-c3ccccn3)n2)nc1.c1ccc(-c2n[n-]c(-c3ccccn3)n2)nc1.c1ccc(-c2nnc(-c3ccccn3)[n-]2)nc1.c1ccc(-c2nnc(-c3ccccn3)[n-]2)nc1. The van der Waals surface area contributed by atoms with E-state index in [4.69, 9.17) is 107 Å². The van der Waals surface area contributed by atoms with Crippen LogP contribution in [0.3, 0.4) is 0 Å². The van der Waals surface area contributed by atoms with Gasteiger partial charge >= 0.3 is 153 Å². The van der Waals surface area contributed by atoms with Crippen LogP contribution in [0.4, 0.5) is 0 Å². The number of rotatable bonds is 8. The predicted octanol–water partition coefficient (Wildman–Crippen LogP) is 4.44. The van der Waals surface area contributed by atoms with E-state index in [9.17, 15) is 0 Å². The summed E-state index contributed by atoms with van der Waals surface area (Å²) in [6.45, 7) is 5.79. The summed E-state index contributed by atoms with van der Waals surface area (Å²) in [5, 5.41) is 143. The molecule has 0 saturated heterocycles. The summed E-state index contributed by atoms with van der Waals surface area (Å²) >= 11 is 0. The van der Waals surface area contributed by atoms with Crippen molar-refractivity contribution >= 4 is 0 Å². The number of aromatic nitrogens is 20. The smallest absolute Gasteiger partial charge is 0.870 e. The van der Waals surface area contributed by atoms with E-state index in [1.54, 1.807) is 70.3 Å². The molecule has 0 aromatic carbocycles. The van der Waals surface area contributed by atoms with Gasteiger partial charge in [0.05, 0.1) is 87.7 Å². The molecule has 0 fully saturated rings. The largest absolute Gasteiger partial charge is 3.00 e. The molecule has 49 nitrogen and oxygen atoms in total. The number of aliphatic hydroxyl groups is 3. The van der Waals surface area contributed by atoms with Gasteiger partial charge in [-0.2, -0.15) is 0 Å². The number of pyridine rings is 8. The Morgan fingerprint density at radius 2 is 0.421 bits per heavy atom. The van der Waals surface area contributed by atoms with Crippen molar-refractivity contribution in [3.05, 3.63) is 287 Å². The van der Waals surface area contributed by atoms with Gasteiger partial charge in [-0.05, 0) is 129 Å². The maximum atomic E-state index is 8.25. The summed E-state index contributed by atoms with van der Waals surface area (Å²) in [6.07, 6.45) is 13.6. The van der Waals surface area contributed by atoms with Crippen molar-refractivity contribution in [3.8, 4) is 92.1 Å². The van der Waals surface area contributed by atoms with Crippen LogP contribution in [0.5, 0.6) is 0 Å². The molecule has 4 radical (unpaired) electrons. The molecule has 0 aliphatic rings. The van der Waals surface area contributed by atoms with E-state index in [0.29, 0.717) is 92.1 Å². The van der Waals surface area contributed by atoms with Crippen LogP contribution >= 0.6 is 0 Å². The van der Waals surface area contributed by atoms with Gasteiger partial charge in [-0.25, -0.2) is 0 Å². The molecule has 53 heteroatoms. The Hall–Kier alpha value is -10.1. The summed E-state index contributed by atoms with van der Waals surface area (Å²) in [7, 11) is 0. The van der Waals surface area contributed by atoms with Gasteiger partial charge in [0.25, 0.3) is 0 Å². The molecular formula is C54H52Dy4N26O23. The van der Waals surface area contributed by atoms with Crippen LogP contribution < -0.4 is 20.2 Å². The topological polar surface area (TPSA) is 781 Å². The van der Waals surface area contributed by atoms with Gasteiger partial charge in [0, 0.05) is 92.7 Å². The Morgan fingerprint density at radius 3 is 0.561 bits per heavy atom. The quantitative estimate of drug-likeness (QED) is 0.140. The van der Waals surface area contributed by atoms with Gasteiger partial charge < -0.3 is 169 Å². The molecule has 0 aliphatic heterocycles. The molecule has 0 unspecified atom stereocenters. The van der Waals surface area contributed by atoms with E-state index < -0.39 is 30.5 Å². The Kier molecular flexibility index (Phi) is 72.3. The maximum absolute atomic E-state index is 8.25. The maximum Gasteiger partial charge on any atom is 3.00 e. The van der Waals surface area contributed by atoms with Gasteiger partial charge in [-0.1, -0.05) is 48.5 Å². The van der Waals surface area contributed by atoms with E-state index in [1.807, 2.05) is 146 Å². The normalized spacial score (nSPS) is 8.43. The third kappa shape index (κ3) is 56.9. The first kappa shape index (κ1) is 110. The summed E-state index contributed by atoms with van der Waals surface area (Å²) in [4.78, 5) is 100. The summed E-state index contributed by atoms with van der Waals surface area (Å²) in [5.41, 5.74) is 5.68. The zero-order valence-electron chi connectivity index (χ0n) is 54.1. The summed E-state index contributed by atoms with van der Waals surface area (Å²) < 4.78 is 0. The number of hydrogen-bond acceptors (Lipinski definition) is 39. The fraction of sp³-hybridized carbons (Fsp3) is 0.111. The van der Waals surface area contributed by atoms with Crippen LogP contribution in [0.15, 0.2) is 195 Å². The van der Waals surface area contributed by atoms with Gasteiger partial charge in [0.2, 0.25) is 0 Å². The zero-order chi connectivity index (χ0) is 75.6. The van der Waals surface area contributed by atoms with Crippen LogP contribution in [0.2, 0.25) is 0 Å². The molecule has 0 aliphatic carbocycles. The molecule has 5 N–H and O–H groups in total. The van der Waals surface area contributed by atoms with Gasteiger partial charge in [-0.15, -0.1) is 0 Å². The second-order valence-electron chi connectivity index (χ2n) is 15.8. The standard InChI is InChI=1S/4C12H8N5.3C2H6O.4Dy.6NO3.2H2O/c4*1-3-7-13-9(5-1)11-15-12(17-16-11)10-6-2-4-8-14-10;3*1-2-3;;;;;6*2-1(3)4;;/h4*1-8H;3*3H,2H2,1H3;;;;;;;;;;;2*1H2/q4*-1;;;;4*+3;6*-1;;/p-2. The molecule has 12 aromatic rings. The average molecular weight is 2080 g/mol. The minimum atomic E-state index is -1.75. The molecule has 12 aromatic heterocycles. The molecule has 12 heterocycles. The Morgan fingerprint density at radius 1 is 0.280 bits per heavy atom. The Labute approximate surface area is 721 Å². The molecular weight excluding hydrogens is 2030 g/mol. The fourth-order valence-electron chi connectivity index (χ4n) is 5.79. The molecule has 107 heavy (non-hydrogen) atoms. The van der Waals surface area contributed by atoms with Crippen molar-refractivity contribution < 1.29 is 209 Å². The molecule has 0 saturated carbocycles. The van der Waals surface area contributed by atoms with Crippen molar-refractivity contribution in [2.45, 2.75) is 20.8 Å². The first-order chi connectivity index (χ1) is 48.4. The van der Waals surface area contributed by atoms with Crippen molar-refractivity contribution in [2.75, 3.05) is 19.8 Å². The van der Waals surface area contributed by atoms with Crippen molar-refractivity contribution in [1.29, 1.82) is 0 Å². The van der Waals surface area contributed by atoms with Gasteiger partial charge in [-0.3, -0.25) is 50.1 Å². The van der Waals surface area contributed by atoms with E-state index >= 15 is 0 Å². The van der Waals surface area contributed by atoms with Crippen molar-refractivity contribution in [3.63, 3.8) is 0 Å². The van der Waals surface area contributed by atoms with Crippen LogP contribution in [-0.4, -0.2) is 157 Å². The molecule has 576 valence electrons. The van der Waals surface area contributed by atoms with Crippen LogP contribution in [-0.2, 0) is 0 Å². The Bertz CT molecular complexity index is 3350. The summed E-state index contributed by atoms with van der Waals surface area (Å²) in [5.74, 6) is 4.16. The third-order valence-electron chi connectivity index (χ3n) is 8.96. The van der Waals surface area contributed by atoms with Crippen LogP contribution in [0.25, 0.3) is 92.1 Å². The molecule has 12 rings (SSSR count). The third-order valence-corrected chi connectivity index (χ3v) is 8.96. The molecule has 0 atom stereocenters. The van der Waals surface area contributed by atoms with Crippen molar-refractivity contribution in [1.82, 2.24) is 101 Å². The summed E-state index contributed by atoms with van der Waals surface area (Å²) in [6, 6.07) is 44.6. The van der Waals surface area contributed by atoms with Gasteiger partial charge in [0.1, 0.15) is 0 Å². The van der Waals surface area contributed by atoms with E-state index in [0.717, 1.165) is 0 Å². The molecule has 0 amide bonds. The van der Waals surface area contributed by atoms with Crippen molar-refractivity contribution in [2.24, 2.45) is 0 Å².